The van der Waals surface area contributed by atoms with Gasteiger partial charge in [0, 0.05) is 17.8 Å². The predicted octanol–water partition coefficient (Wildman–Crippen LogP) is 9.24. The van der Waals surface area contributed by atoms with Gasteiger partial charge in [0.25, 0.3) is 6.20 Å². The molecule has 4 aromatic carbocycles. The molecule has 0 amide bonds. The van der Waals surface area contributed by atoms with Gasteiger partial charge in [-0.05, 0) is 76.7 Å². The van der Waals surface area contributed by atoms with Gasteiger partial charge in [-0.15, -0.1) is 0 Å². The maximum Gasteiger partial charge on any atom is 0.495 e. The molecule has 0 radical (unpaired) electrons. The maximum atomic E-state index is 6.26. The van der Waals surface area contributed by atoms with E-state index >= 15 is 0 Å². The Morgan fingerprint density at radius 3 is 1.90 bits per heavy atom. The Morgan fingerprint density at radius 2 is 1.21 bits per heavy atom. The first-order valence-corrected chi connectivity index (χ1v) is 14.0. The second-order valence-corrected chi connectivity index (χ2v) is 11.3. The van der Waals surface area contributed by atoms with Crippen LogP contribution < -0.4 is 9.47 Å². The number of hydrogen-bond donors (Lipinski definition) is 0. The summed E-state index contributed by atoms with van der Waals surface area (Å²) in [4.78, 5) is 4.67. The van der Waals surface area contributed by atoms with E-state index in [0.29, 0.717) is 0 Å². The quantitative estimate of drug-likeness (QED) is 0.189. The number of nitrogens with zero attached hydrogens (tertiary/aromatic N) is 3. The van der Waals surface area contributed by atoms with E-state index in [-0.39, 0.29) is 5.41 Å². The van der Waals surface area contributed by atoms with E-state index < -0.39 is 0 Å². The van der Waals surface area contributed by atoms with Crippen molar-refractivity contribution < 1.29 is 18.6 Å². The van der Waals surface area contributed by atoms with Crippen LogP contribution in [0.4, 0.5) is 5.69 Å². The van der Waals surface area contributed by atoms with E-state index in [1.807, 2.05) is 114 Å². The zero-order valence-corrected chi connectivity index (χ0v) is 24.3. The second kappa shape index (κ2) is 11.3. The fraction of sp³-hybridized carbons (Fsp3) is 0.135. The Bertz CT molecular complexity index is 1870. The standard InChI is InChI=1S/C37H33N3O2/c1-37(2,3)30-11-7-15-34(24-30)41-32-13-5-9-27(21-32)28-17-18-38-36(23-28)29-10-6-14-33(22-29)42-35-16-8-12-31(25-35)40-20-19-39(4)26-40/h5-25H,1-4H3/q+2. The molecule has 0 saturated heterocycles. The summed E-state index contributed by atoms with van der Waals surface area (Å²) in [6.07, 6.45) is 5.76. The topological polar surface area (TPSA) is 37.4 Å². The largest absolute Gasteiger partial charge is 0.495 e. The molecule has 5 heteroatoms. The lowest BCUT2D eigenvalue weighted by molar-refractivity contribution is -0.429. The second-order valence-electron chi connectivity index (χ2n) is 11.3. The lowest BCUT2D eigenvalue weighted by atomic mass is 9.87. The van der Waals surface area contributed by atoms with Gasteiger partial charge in [0.15, 0.2) is 7.05 Å². The van der Waals surface area contributed by atoms with Crippen LogP contribution in [0, 0.1) is 0 Å². The molecule has 0 atom stereocenters. The number of rotatable bonds is 7. The molecule has 0 fully saturated rings. The van der Waals surface area contributed by atoms with Crippen LogP contribution in [0.15, 0.2) is 128 Å². The molecule has 1 aliphatic heterocycles. The highest BCUT2D eigenvalue weighted by molar-refractivity contribution is 5.72. The lowest BCUT2D eigenvalue weighted by Gasteiger charge is -2.19. The third-order valence-electron chi connectivity index (χ3n) is 7.03. The zero-order chi connectivity index (χ0) is 29.1. The average Bonchev–Trinajstić information content (AvgIpc) is 3.44. The van der Waals surface area contributed by atoms with Gasteiger partial charge in [0.2, 0.25) is 11.9 Å². The third kappa shape index (κ3) is 6.22. The molecule has 6 rings (SSSR count). The summed E-state index contributed by atoms with van der Waals surface area (Å²) in [6.45, 7) is 6.62. The van der Waals surface area contributed by atoms with Crippen molar-refractivity contribution in [3.8, 4) is 45.4 Å². The minimum absolute atomic E-state index is 0.0566. The van der Waals surface area contributed by atoms with Crippen LogP contribution in [0.25, 0.3) is 22.4 Å². The first kappa shape index (κ1) is 26.9. The third-order valence-corrected chi connectivity index (χ3v) is 7.03. The van der Waals surface area contributed by atoms with Gasteiger partial charge < -0.3 is 9.47 Å². The Balaban J connectivity index is 1.22. The Morgan fingerprint density at radius 1 is 0.619 bits per heavy atom. The van der Waals surface area contributed by atoms with E-state index in [1.165, 1.54) is 5.56 Å². The van der Waals surface area contributed by atoms with Gasteiger partial charge in [-0.25, -0.2) is 0 Å². The van der Waals surface area contributed by atoms with Crippen molar-refractivity contribution in [3.63, 3.8) is 0 Å². The number of benzene rings is 4. The van der Waals surface area contributed by atoms with Crippen LogP contribution in [0.2, 0.25) is 0 Å². The molecule has 0 aliphatic carbocycles. The first-order valence-electron chi connectivity index (χ1n) is 14.0. The molecule has 1 aromatic heterocycles. The fourth-order valence-corrected chi connectivity index (χ4v) is 4.77. The van der Waals surface area contributed by atoms with Crippen molar-refractivity contribution in [3.05, 3.63) is 133 Å². The highest BCUT2D eigenvalue weighted by Gasteiger charge is 2.17. The average molecular weight is 552 g/mol. The molecular formula is C37H33N3O2+2. The molecule has 0 unspecified atom stereocenters. The van der Waals surface area contributed by atoms with Crippen LogP contribution in [0.3, 0.4) is 0 Å². The molecule has 0 saturated carbocycles. The molecule has 0 spiro atoms. The van der Waals surface area contributed by atoms with Crippen LogP contribution in [-0.2, 0) is 5.41 Å². The number of aromatic nitrogens is 1. The van der Waals surface area contributed by atoms with Gasteiger partial charge in [0.05, 0.1) is 11.8 Å². The number of hydrogen-bond acceptors (Lipinski definition) is 3. The molecule has 5 aromatic rings. The normalized spacial score (nSPS) is 12.6. The summed E-state index contributed by atoms with van der Waals surface area (Å²) >= 11 is 0. The van der Waals surface area contributed by atoms with Crippen molar-refractivity contribution in [2.45, 2.75) is 26.2 Å². The summed E-state index contributed by atoms with van der Waals surface area (Å²) < 4.78 is 16.3. The summed E-state index contributed by atoms with van der Waals surface area (Å²) in [5.74, 6) is 3.12. The van der Waals surface area contributed by atoms with Crippen LogP contribution >= 0.6 is 0 Å². The number of pyridine rings is 1. The summed E-state index contributed by atoms with van der Waals surface area (Å²) in [6, 6.07) is 39.8. The molecule has 0 N–H and O–H groups in total. The fourth-order valence-electron chi connectivity index (χ4n) is 4.77. The minimum Gasteiger partial charge on any atom is -0.457 e. The maximum absolute atomic E-state index is 6.26. The SMILES string of the molecule is C[N+]1=C=[N+](c2cccc(Oc3cccc(-c4cc(-c5cccc(Oc6cccc(C(C)(C)C)c6)c5)ccn4)c3)c2)C=C1. The molecule has 42 heavy (non-hydrogen) atoms. The van der Waals surface area contributed by atoms with Crippen molar-refractivity contribution >= 4 is 11.7 Å². The van der Waals surface area contributed by atoms with Crippen molar-refractivity contribution in [2.75, 3.05) is 7.05 Å². The van der Waals surface area contributed by atoms with E-state index in [2.05, 4.69) is 62.1 Å². The Hall–Kier alpha value is -5.25. The summed E-state index contributed by atoms with van der Waals surface area (Å²) in [5.41, 5.74) is 6.23. The zero-order valence-electron chi connectivity index (χ0n) is 24.3. The van der Waals surface area contributed by atoms with Crippen molar-refractivity contribution in [1.29, 1.82) is 0 Å². The smallest absolute Gasteiger partial charge is 0.457 e. The highest BCUT2D eigenvalue weighted by Crippen LogP contribution is 2.33. The van der Waals surface area contributed by atoms with Crippen LogP contribution in [0.5, 0.6) is 23.0 Å². The molecule has 1 aliphatic rings. The number of ether oxygens (including phenoxy) is 2. The minimum atomic E-state index is 0.0566. The van der Waals surface area contributed by atoms with E-state index in [9.17, 15) is 0 Å². The van der Waals surface area contributed by atoms with Gasteiger partial charge >= 0.3 is 6.01 Å². The molecular weight excluding hydrogens is 518 g/mol. The molecule has 2 heterocycles. The monoisotopic (exact) mass is 551 g/mol. The lowest BCUT2D eigenvalue weighted by Crippen LogP contribution is -2.10. The molecule has 0 bridgehead atoms. The molecule has 5 nitrogen and oxygen atoms in total. The van der Waals surface area contributed by atoms with Gasteiger partial charge in [-0.2, -0.15) is 0 Å². The predicted molar refractivity (Wildman–Crippen MR) is 167 cm³/mol. The van der Waals surface area contributed by atoms with Gasteiger partial charge in [-0.1, -0.05) is 72.4 Å². The first-order chi connectivity index (χ1) is 20.3. The Labute approximate surface area is 247 Å². The Kier molecular flexibility index (Phi) is 7.26. The van der Waals surface area contributed by atoms with Crippen LogP contribution in [0.1, 0.15) is 26.3 Å². The van der Waals surface area contributed by atoms with Crippen molar-refractivity contribution in [2.24, 2.45) is 0 Å². The molecule has 206 valence electrons. The highest BCUT2D eigenvalue weighted by atomic mass is 16.5. The van der Waals surface area contributed by atoms with Crippen LogP contribution in [-0.4, -0.2) is 27.2 Å². The van der Waals surface area contributed by atoms with E-state index in [0.717, 1.165) is 51.1 Å². The van der Waals surface area contributed by atoms with E-state index in [1.54, 1.807) is 0 Å². The van der Waals surface area contributed by atoms with E-state index in [4.69, 9.17) is 9.47 Å². The van der Waals surface area contributed by atoms with Crippen molar-refractivity contribution in [1.82, 2.24) is 4.98 Å². The summed E-state index contributed by atoms with van der Waals surface area (Å²) in [7, 11) is 1.95. The van der Waals surface area contributed by atoms with Gasteiger partial charge in [0.1, 0.15) is 23.0 Å². The van der Waals surface area contributed by atoms with Gasteiger partial charge in [-0.3, -0.25) is 4.98 Å². The summed E-state index contributed by atoms with van der Waals surface area (Å²) in [5, 5.41) is 0.